The highest BCUT2D eigenvalue weighted by atomic mass is 79.9. The van der Waals surface area contributed by atoms with Gasteiger partial charge in [0.1, 0.15) is 36.5 Å². The van der Waals surface area contributed by atoms with E-state index in [1.807, 2.05) is 66.7 Å². The molecule has 8 nitrogen and oxygen atoms in total. The van der Waals surface area contributed by atoms with Gasteiger partial charge in [0.2, 0.25) is 5.88 Å². The van der Waals surface area contributed by atoms with Gasteiger partial charge in [-0.1, -0.05) is 49.5 Å². The number of aliphatic hydroxyl groups excluding tert-OH is 1. The van der Waals surface area contributed by atoms with E-state index < -0.39 is 0 Å². The molecule has 2 aromatic heterocycles. The SMILES string of the molecule is COCCO.COCCOc1ccc(COc2ccc(Br)cc2)cn1.Clc1ccc(COc2ccc(Br)cc2)cn1. The molecule has 2 heterocycles. The van der Waals surface area contributed by atoms with Gasteiger partial charge in [0.25, 0.3) is 0 Å². The van der Waals surface area contributed by atoms with Crippen molar-refractivity contribution in [2.24, 2.45) is 0 Å². The maximum atomic E-state index is 7.94. The molecule has 4 rings (SSSR count). The minimum Gasteiger partial charge on any atom is -0.489 e. The second-order valence-corrected chi connectivity index (χ2v) is 10.3. The lowest BCUT2D eigenvalue weighted by Crippen LogP contribution is -2.05. The first-order chi connectivity index (χ1) is 19.9. The van der Waals surface area contributed by atoms with E-state index in [1.54, 1.807) is 32.7 Å². The smallest absolute Gasteiger partial charge is 0.213 e. The van der Waals surface area contributed by atoms with Gasteiger partial charge in [-0.2, -0.15) is 0 Å². The van der Waals surface area contributed by atoms with Gasteiger partial charge in [0, 0.05) is 52.8 Å². The highest BCUT2D eigenvalue weighted by Gasteiger charge is 2.00. The summed E-state index contributed by atoms with van der Waals surface area (Å²) in [5.41, 5.74) is 1.99. The molecule has 0 aliphatic rings. The standard InChI is InChI=1S/C15H16BrNO3.C12H9BrClNO.C3H8O2/c1-18-8-9-19-15-7-2-12(10-17-15)11-20-14-5-3-13(16)4-6-14;13-10-2-4-11(5-3-10)16-8-9-1-6-12(14)15-7-9;1-5-3-2-4/h2-7,10H,8-9,11H2,1H3;1-7H,8H2;4H,2-3H2,1H3. The average molecular weight is 713 g/mol. The quantitative estimate of drug-likeness (QED) is 0.122. The number of pyridine rings is 2. The van der Waals surface area contributed by atoms with E-state index >= 15 is 0 Å². The molecule has 220 valence electrons. The molecule has 0 radical (unpaired) electrons. The van der Waals surface area contributed by atoms with E-state index in [0.717, 1.165) is 31.6 Å². The summed E-state index contributed by atoms with van der Waals surface area (Å²) in [5, 5.41) is 8.43. The molecule has 0 unspecified atom stereocenters. The largest absolute Gasteiger partial charge is 0.489 e. The van der Waals surface area contributed by atoms with Crippen molar-refractivity contribution in [3.63, 3.8) is 0 Å². The molecule has 11 heteroatoms. The van der Waals surface area contributed by atoms with E-state index in [-0.39, 0.29) is 6.61 Å². The Morgan fingerprint density at radius 2 is 1.15 bits per heavy atom. The highest BCUT2D eigenvalue weighted by Crippen LogP contribution is 2.19. The van der Waals surface area contributed by atoms with Crippen molar-refractivity contribution >= 4 is 43.5 Å². The van der Waals surface area contributed by atoms with Gasteiger partial charge in [0.15, 0.2) is 0 Å². The highest BCUT2D eigenvalue weighted by molar-refractivity contribution is 9.10. The van der Waals surface area contributed by atoms with Gasteiger partial charge >= 0.3 is 0 Å². The Morgan fingerprint density at radius 3 is 1.54 bits per heavy atom. The lowest BCUT2D eigenvalue weighted by molar-refractivity contribution is 0.135. The Morgan fingerprint density at radius 1 is 0.634 bits per heavy atom. The summed E-state index contributed by atoms with van der Waals surface area (Å²) in [4.78, 5) is 8.20. The summed E-state index contributed by atoms with van der Waals surface area (Å²) in [6.07, 6.45) is 3.46. The molecule has 0 bridgehead atoms. The molecule has 0 atom stereocenters. The first kappa shape index (κ1) is 34.5. The zero-order chi connectivity index (χ0) is 29.7. The number of halogens is 3. The monoisotopic (exact) mass is 710 g/mol. The van der Waals surface area contributed by atoms with Gasteiger partial charge in [-0.3, -0.25) is 0 Å². The molecule has 1 N–H and O–H groups in total. The summed E-state index contributed by atoms with van der Waals surface area (Å²) in [5.74, 6) is 2.25. The fourth-order valence-electron chi connectivity index (χ4n) is 2.79. The molecule has 2 aromatic carbocycles. The lowest BCUT2D eigenvalue weighted by atomic mass is 10.3. The molecule has 0 amide bonds. The molecule has 0 spiro atoms. The molecule has 41 heavy (non-hydrogen) atoms. The minimum absolute atomic E-state index is 0.122. The van der Waals surface area contributed by atoms with Gasteiger partial charge in [-0.15, -0.1) is 0 Å². The van der Waals surface area contributed by atoms with E-state index in [9.17, 15) is 0 Å². The van der Waals surface area contributed by atoms with E-state index in [4.69, 9.17) is 35.7 Å². The zero-order valence-corrected chi connectivity index (χ0v) is 26.8. The van der Waals surface area contributed by atoms with Crippen LogP contribution in [-0.4, -0.2) is 55.7 Å². The third-order valence-corrected chi connectivity index (χ3v) is 6.14. The zero-order valence-electron chi connectivity index (χ0n) is 22.8. The number of aliphatic hydroxyl groups is 1. The predicted molar refractivity (Wildman–Crippen MR) is 167 cm³/mol. The van der Waals surface area contributed by atoms with Gasteiger partial charge in [-0.25, -0.2) is 9.97 Å². The van der Waals surface area contributed by atoms with Crippen LogP contribution >= 0.6 is 43.5 Å². The molecule has 0 fully saturated rings. The van der Waals surface area contributed by atoms with Gasteiger partial charge < -0.3 is 28.8 Å². The van der Waals surface area contributed by atoms with E-state index in [2.05, 4.69) is 46.6 Å². The summed E-state index contributed by atoms with van der Waals surface area (Å²) >= 11 is 12.4. The van der Waals surface area contributed by atoms with Crippen LogP contribution in [0.2, 0.25) is 5.15 Å². The fraction of sp³-hybridized carbons (Fsp3) is 0.267. The van der Waals surface area contributed by atoms with Crippen molar-refractivity contribution in [3.05, 3.63) is 110 Å². The van der Waals surface area contributed by atoms with Crippen molar-refractivity contribution in [1.29, 1.82) is 0 Å². The Hall–Kier alpha value is -2.73. The summed E-state index contributed by atoms with van der Waals surface area (Å²) in [6.45, 7) is 2.59. The number of methoxy groups -OCH3 is 2. The first-order valence-corrected chi connectivity index (χ1v) is 14.4. The van der Waals surface area contributed by atoms with E-state index in [1.165, 1.54) is 0 Å². The molecule has 0 aliphatic carbocycles. The van der Waals surface area contributed by atoms with Gasteiger partial charge in [0.05, 0.1) is 19.8 Å². The van der Waals surface area contributed by atoms with Gasteiger partial charge in [-0.05, 0) is 60.7 Å². The summed E-state index contributed by atoms with van der Waals surface area (Å²) < 4.78 is 28.1. The van der Waals surface area contributed by atoms with Crippen LogP contribution in [0.5, 0.6) is 17.4 Å². The molecular weight excluding hydrogens is 680 g/mol. The van der Waals surface area contributed by atoms with Crippen LogP contribution < -0.4 is 14.2 Å². The van der Waals surface area contributed by atoms with Crippen molar-refractivity contribution < 1.29 is 28.8 Å². The molecule has 0 aliphatic heterocycles. The van der Waals surface area contributed by atoms with Crippen LogP contribution in [0.25, 0.3) is 0 Å². The summed E-state index contributed by atoms with van der Waals surface area (Å²) in [6, 6.07) is 22.8. The minimum atomic E-state index is 0.122. The topological polar surface area (TPSA) is 92.2 Å². The number of hydrogen-bond donors (Lipinski definition) is 1. The number of hydrogen-bond acceptors (Lipinski definition) is 8. The third kappa shape index (κ3) is 15.7. The number of ether oxygens (including phenoxy) is 5. The molecule has 0 saturated heterocycles. The van der Waals surface area contributed by atoms with Crippen LogP contribution in [0, 0.1) is 0 Å². The van der Waals surface area contributed by atoms with Crippen LogP contribution in [0.1, 0.15) is 11.1 Å². The van der Waals surface area contributed by atoms with Crippen LogP contribution in [0.3, 0.4) is 0 Å². The molecule has 0 saturated carbocycles. The third-order valence-electron chi connectivity index (χ3n) is 4.86. The Labute approximate surface area is 262 Å². The van der Waals surface area contributed by atoms with Crippen LogP contribution in [-0.2, 0) is 22.7 Å². The van der Waals surface area contributed by atoms with Crippen molar-refractivity contribution in [2.45, 2.75) is 13.2 Å². The molecule has 4 aromatic rings. The number of aromatic nitrogens is 2. The number of nitrogens with zero attached hydrogens (tertiary/aromatic N) is 2. The van der Waals surface area contributed by atoms with Crippen LogP contribution in [0.15, 0.2) is 94.1 Å². The Bertz CT molecular complexity index is 1170. The van der Waals surface area contributed by atoms with Crippen LogP contribution in [0.4, 0.5) is 0 Å². The average Bonchev–Trinajstić information content (AvgIpc) is 2.99. The second-order valence-electron chi connectivity index (χ2n) is 8.04. The normalized spacial score (nSPS) is 10.0. The molecular formula is C30H33Br2ClN2O6. The lowest BCUT2D eigenvalue weighted by Gasteiger charge is -2.07. The summed E-state index contributed by atoms with van der Waals surface area (Å²) in [7, 11) is 3.19. The second kappa shape index (κ2) is 21.0. The van der Waals surface area contributed by atoms with Crippen molar-refractivity contribution in [2.75, 3.05) is 40.6 Å². The Balaban J connectivity index is 0.000000251. The predicted octanol–water partition coefficient (Wildman–Crippen LogP) is 7.15. The number of rotatable bonds is 12. The fourth-order valence-corrected chi connectivity index (χ4v) is 3.43. The van der Waals surface area contributed by atoms with Crippen molar-refractivity contribution in [3.8, 4) is 17.4 Å². The van der Waals surface area contributed by atoms with Crippen molar-refractivity contribution in [1.82, 2.24) is 9.97 Å². The first-order valence-electron chi connectivity index (χ1n) is 12.5. The number of benzene rings is 2. The maximum absolute atomic E-state index is 7.94. The maximum Gasteiger partial charge on any atom is 0.213 e. The van der Waals surface area contributed by atoms with E-state index in [0.29, 0.717) is 44.1 Å². The Kier molecular flexibility index (Phi) is 17.7.